The van der Waals surface area contributed by atoms with Crippen LogP contribution in [0.15, 0.2) is 58.5 Å². The van der Waals surface area contributed by atoms with Crippen molar-refractivity contribution in [1.29, 1.82) is 0 Å². The van der Waals surface area contributed by atoms with Crippen molar-refractivity contribution in [3.8, 4) is 0 Å². The molecule has 7 heteroatoms. The first kappa shape index (κ1) is 13.9. The van der Waals surface area contributed by atoms with Crippen molar-refractivity contribution in [2.24, 2.45) is 0 Å². The zero-order valence-electron chi connectivity index (χ0n) is 10.5. The second kappa shape index (κ2) is 5.05. The molecule has 1 heterocycles. The summed E-state index contributed by atoms with van der Waals surface area (Å²) in [5.74, 6) is -0.523. The van der Waals surface area contributed by atoms with Crippen molar-refractivity contribution in [1.82, 2.24) is 9.97 Å². The molecule has 0 spiro atoms. The van der Waals surface area contributed by atoms with Crippen LogP contribution in [0.4, 0.5) is 4.39 Å². The fourth-order valence-electron chi connectivity index (χ4n) is 1.86. The molecular formula is C14H8ClFN2O2S. The van der Waals surface area contributed by atoms with Crippen molar-refractivity contribution in [3.05, 3.63) is 59.5 Å². The van der Waals surface area contributed by atoms with E-state index in [9.17, 15) is 12.8 Å². The summed E-state index contributed by atoms with van der Waals surface area (Å²) in [6.07, 6.45) is 0. The van der Waals surface area contributed by atoms with Gasteiger partial charge >= 0.3 is 0 Å². The lowest BCUT2D eigenvalue weighted by Gasteiger charge is -2.06. The number of benzene rings is 2. The number of hydrogen-bond donors (Lipinski definition) is 0. The first-order chi connectivity index (χ1) is 9.98. The number of nitrogens with zero attached hydrogens (tertiary/aromatic N) is 2. The molecule has 0 bridgehead atoms. The highest BCUT2D eigenvalue weighted by Gasteiger charge is 2.24. The summed E-state index contributed by atoms with van der Waals surface area (Å²) in [5, 5.41) is -0.549. The summed E-state index contributed by atoms with van der Waals surface area (Å²) in [5.41, 5.74) is 0.920. The maximum absolute atomic E-state index is 12.9. The van der Waals surface area contributed by atoms with Crippen LogP contribution in [-0.2, 0) is 9.84 Å². The van der Waals surface area contributed by atoms with Crippen LogP contribution < -0.4 is 0 Å². The molecule has 21 heavy (non-hydrogen) atoms. The molecule has 0 saturated carbocycles. The molecule has 0 amide bonds. The van der Waals surface area contributed by atoms with E-state index in [0.717, 1.165) is 24.3 Å². The molecule has 0 fully saturated rings. The number of fused-ring (bicyclic) bond motifs is 1. The van der Waals surface area contributed by atoms with Gasteiger partial charge in [-0.1, -0.05) is 23.7 Å². The van der Waals surface area contributed by atoms with Crippen LogP contribution in [0.3, 0.4) is 0 Å². The van der Waals surface area contributed by atoms with Gasteiger partial charge in [0.15, 0.2) is 10.2 Å². The molecule has 0 saturated heterocycles. The molecule has 0 unspecified atom stereocenters. The minimum atomic E-state index is -3.95. The summed E-state index contributed by atoms with van der Waals surface area (Å²) in [6, 6.07) is 11.3. The molecule has 3 rings (SSSR count). The quantitative estimate of drug-likeness (QED) is 0.679. The van der Waals surface area contributed by atoms with E-state index in [4.69, 9.17) is 11.6 Å². The van der Waals surface area contributed by atoms with Crippen LogP contribution >= 0.6 is 11.6 Å². The van der Waals surface area contributed by atoms with Gasteiger partial charge < -0.3 is 0 Å². The Morgan fingerprint density at radius 3 is 2.10 bits per heavy atom. The van der Waals surface area contributed by atoms with Gasteiger partial charge in [0.1, 0.15) is 5.82 Å². The van der Waals surface area contributed by atoms with Crippen LogP contribution in [0.1, 0.15) is 0 Å². The Balaban J connectivity index is 2.23. The Morgan fingerprint density at radius 1 is 0.905 bits per heavy atom. The highest BCUT2D eigenvalue weighted by Crippen LogP contribution is 2.26. The highest BCUT2D eigenvalue weighted by molar-refractivity contribution is 7.91. The average Bonchev–Trinajstić information content (AvgIpc) is 2.47. The number of sulfone groups is 1. The van der Waals surface area contributed by atoms with Gasteiger partial charge in [-0.05, 0) is 36.4 Å². The van der Waals surface area contributed by atoms with E-state index in [0.29, 0.717) is 11.0 Å². The lowest BCUT2D eigenvalue weighted by Crippen LogP contribution is -2.07. The summed E-state index contributed by atoms with van der Waals surface area (Å²) in [7, 11) is -3.95. The van der Waals surface area contributed by atoms with E-state index in [1.54, 1.807) is 24.3 Å². The highest BCUT2D eigenvalue weighted by atomic mass is 35.5. The number of aromatic nitrogens is 2. The largest absolute Gasteiger partial charge is 0.231 e. The fourth-order valence-corrected chi connectivity index (χ4v) is 3.50. The Morgan fingerprint density at radius 2 is 1.48 bits per heavy atom. The van der Waals surface area contributed by atoms with Crippen LogP contribution in [-0.4, -0.2) is 18.4 Å². The lowest BCUT2D eigenvalue weighted by atomic mass is 10.3. The first-order valence-corrected chi connectivity index (χ1v) is 7.77. The normalized spacial score (nSPS) is 11.7. The Kier molecular flexibility index (Phi) is 3.35. The minimum Gasteiger partial charge on any atom is -0.231 e. The van der Waals surface area contributed by atoms with Gasteiger partial charge in [0.25, 0.3) is 0 Å². The molecule has 0 aliphatic heterocycles. The third-order valence-electron chi connectivity index (χ3n) is 2.88. The van der Waals surface area contributed by atoms with Gasteiger partial charge in [-0.15, -0.1) is 0 Å². The van der Waals surface area contributed by atoms with E-state index in [1.807, 2.05) is 0 Å². The van der Waals surface area contributed by atoms with E-state index in [-0.39, 0.29) is 15.1 Å². The zero-order valence-corrected chi connectivity index (χ0v) is 12.1. The molecule has 0 aliphatic carbocycles. The van der Waals surface area contributed by atoms with Gasteiger partial charge in [0.2, 0.25) is 9.84 Å². The van der Waals surface area contributed by atoms with Gasteiger partial charge in [0, 0.05) is 0 Å². The maximum atomic E-state index is 12.9. The number of para-hydroxylation sites is 2. The van der Waals surface area contributed by atoms with Gasteiger partial charge in [-0.2, -0.15) is 0 Å². The summed E-state index contributed by atoms with van der Waals surface area (Å²) < 4.78 is 37.9. The van der Waals surface area contributed by atoms with Crippen LogP contribution in [0.2, 0.25) is 5.15 Å². The molecule has 0 N–H and O–H groups in total. The van der Waals surface area contributed by atoms with Crippen LogP contribution in [0, 0.1) is 5.82 Å². The average molecular weight is 323 g/mol. The topological polar surface area (TPSA) is 59.9 Å². The Bertz CT molecular complexity index is 927. The van der Waals surface area contributed by atoms with E-state index in [1.165, 1.54) is 0 Å². The number of rotatable bonds is 2. The minimum absolute atomic E-state index is 0.0876. The van der Waals surface area contributed by atoms with Crippen molar-refractivity contribution >= 4 is 32.5 Å². The molecule has 0 atom stereocenters. The number of hydrogen-bond acceptors (Lipinski definition) is 4. The maximum Gasteiger partial charge on any atom is 0.226 e. The Hall–Kier alpha value is -2.05. The predicted molar refractivity (Wildman–Crippen MR) is 76.4 cm³/mol. The van der Waals surface area contributed by atoms with Crippen LogP contribution in [0.5, 0.6) is 0 Å². The van der Waals surface area contributed by atoms with E-state index in [2.05, 4.69) is 9.97 Å². The molecule has 106 valence electrons. The molecule has 2 aromatic carbocycles. The fraction of sp³-hybridized carbons (Fsp3) is 0. The van der Waals surface area contributed by atoms with Gasteiger partial charge in [-0.3, -0.25) is 0 Å². The molecular weight excluding hydrogens is 315 g/mol. The predicted octanol–water partition coefficient (Wildman–Crippen LogP) is 3.26. The van der Waals surface area contributed by atoms with Crippen molar-refractivity contribution in [2.45, 2.75) is 9.92 Å². The molecule has 3 aromatic rings. The first-order valence-electron chi connectivity index (χ1n) is 5.91. The lowest BCUT2D eigenvalue weighted by molar-refractivity contribution is 0.591. The summed E-state index contributed by atoms with van der Waals surface area (Å²) in [6.45, 7) is 0. The third-order valence-corrected chi connectivity index (χ3v) is 4.94. The molecule has 4 nitrogen and oxygen atoms in total. The second-order valence-electron chi connectivity index (χ2n) is 4.27. The van der Waals surface area contributed by atoms with Crippen LogP contribution in [0.25, 0.3) is 11.0 Å². The van der Waals surface area contributed by atoms with Gasteiger partial charge in [0.05, 0.1) is 15.9 Å². The molecule has 0 aliphatic rings. The van der Waals surface area contributed by atoms with Crippen molar-refractivity contribution in [3.63, 3.8) is 0 Å². The monoisotopic (exact) mass is 322 g/mol. The van der Waals surface area contributed by atoms with E-state index < -0.39 is 15.7 Å². The Labute approximate surface area is 125 Å². The SMILES string of the molecule is O=S(=O)(c1ccc(F)cc1)c1nc2ccccc2nc1Cl. The summed E-state index contributed by atoms with van der Waals surface area (Å²) in [4.78, 5) is 8.02. The summed E-state index contributed by atoms with van der Waals surface area (Å²) >= 11 is 5.94. The zero-order chi connectivity index (χ0) is 15.0. The van der Waals surface area contributed by atoms with Crippen molar-refractivity contribution < 1.29 is 12.8 Å². The van der Waals surface area contributed by atoms with Crippen molar-refractivity contribution in [2.75, 3.05) is 0 Å². The van der Waals surface area contributed by atoms with Gasteiger partial charge in [-0.25, -0.2) is 22.8 Å². The second-order valence-corrected chi connectivity index (χ2v) is 6.49. The third kappa shape index (κ3) is 2.48. The van der Waals surface area contributed by atoms with E-state index >= 15 is 0 Å². The number of halogens is 2. The molecule has 1 aromatic heterocycles. The standard InChI is InChI=1S/C14H8ClFN2O2S/c15-13-14(18-12-4-2-1-3-11(12)17-13)21(19,20)10-7-5-9(16)6-8-10/h1-8H. The molecule has 0 radical (unpaired) electrons. The smallest absolute Gasteiger partial charge is 0.226 e.